The summed E-state index contributed by atoms with van der Waals surface area (Å²) in [5.74, 6) is 0.936. The van der Waals surface area contributed by atoms with E-state index in [0.29, 0.717) is 6.54 Å². The van der Waals surface area contributed by atoms with Crippen LogP contribution in [0.25, 0.3) is 0 Å². The molecule has 1 aromatic rings. The summed E-state index contributed by atoms with van der Waals surface area (Å²) in [5.41, 5.74) is 2.31. The fraction of sp³-hybridized carbons (Fsp3) is 0.667. The monoisotopic (exact) mass is 183 g/mol. The number of nitrogens with one attached hydrogen (secondary N) is 1. The molecule has 3 nitrogen and oxygen atoms in total. The standard InChI is InChI=1S/C9H14FN3/c1-7-12-8-6-11-4-2-9(8)13(7)5-3-10/h11H,2-6H2,1H3. The number of halogens is 1. The first-order chi connectivity index (χ1) is 6.33. The zero-order valence-electron chi connectivity index (χ0n) is 7.81. The number of aromatic nitrogens is 2. The fourth-order valence-electron chi connectivity index (χ4n) is 1.89. The predicted octanol–water partition coefficient (Wildman–Crippen LogP) is 0.807. The zero-order chi connectivity index (χ0) is 9.26. The van der Waals surface area contributed by atoms with Crippen LogP contribution in [-0.4, -0.2) is 22.8 Å². The minimum Gasteiger partial charge on any atom is -0.329 e. The van der Waals surface area contributed by atoms with Gasteiger partial charge in [-0.15, -0.1) is 0 Å². The molecule has 0 saturated heterocycles. The Balaban J connectivity index is 2.36. The maximum atomic E-state index is 12.2. The first-order valence-corrected chi connectivity index (χ1v) is 4.64. The van der Waals surface area contributed by atoms with Gasteiger partial charge in [-0.2, -0.15) is 0 Å². The Morgan fingerprint density at radius 1 is 1.62 bits per heavy atom. The summed E-state index contributed by atoms with van der Waals surface area (Å²) in [7, 11) is 0. The molecule has 0 aliphatic carbocycles. The highest BCUT2D eigenvalue weighted by Crippen LogP contribution is 2.15. The van der Waals surface area contributed by atoms with Crippen LogP contribution in [-0.2, 0) is 19.5 Å². The van der Waals surface area contributed by atoms with Crippen molar-refractivity contribution in [1.82, 2.24) is 14.9 Å². The molecule has 72 valence electrons. The second-order valence-corrected chi connectivity index (χ2v) is 3.32. The summed E-state index contributed by atoms with van der Waals surface area (Å²) in [4.78, 5) is 4.40. The summed E-state index contributed by atoms with van der Waals surface area (Å²) in [6.07, 6.45) is 0.968. The number of fused-ring (bicyclic) bond motifs is 1. The van der Waals surface area contributed by atoms with Crippen LogP contribution in [0.1, 0.15) is 17.2 Å². The lowest BCUT2D eigenvalue weighted by Crippen LogP contribution is -2.25. The van der Waals surface area contributed by atoms with Gasteiger partial charge in [0.2, 0.25) is 0 Å². The van der Waals surface area contributed by atoms with E-state index in [9.17, 15) is 4.39 Å². The third-order valence-corrected chi connectivity index (χ3v) is 2.49. The van der Waals surface area contributed by atoms with Crippen molar-refractivity contribution < 1.29 is 4.39 Å². The first kappa shape index (κ1) is 8.69. The lowest BCUT2D eigenvalue weighted by atomic mass is 10.2. The van der Waals surface area contributed by atoms with Gasteiger partial charge in [-0.1, -0.05) is 0 Å². The summed E-state index contributed by atoms with van der Waals surface area (Å²) >= 11 is 0. The van der Waals surface area contributed by atoms with E-state index in [4.69, 9.17) is 0 Å². The van der Waals surface area contributed by atoms with E-state index < -0.39 is 0 Å². The molecule has 1 aromatic heterocycles. The third-order valence-electron chi connectivity index (χ3n) is 2.49. The van der Waals surface area contributed by atoms with E-state index in [-0.39, 0.29) is 6.67 Å². The van der Waals surface area contributed by atoms with Crippen LogP contribution >= 0.6 is 0 Å². The minimum atomic E-state index is -0.308. The van der Waals surface area contributed by atoms with Crippen LogP contribution in [0.3, 0.4) is 0 Å². The molecule has 1 N–H and O–H groups in total. The minimum absolute atomic E-state index is 0.308. The molecule has 1 aliphatic rings. The smallest absolute Gasteiger partial charge is 0.107 e. The Morgan fingerprint density at radius 2 is 2.46 bits per heavy atom. The van der Waals surface area contributed by atoms with E-state index in [0.717, 1.165) is 31.0 Å². The van der Waals surface area contributed by atoms with E-state index in [1.54, 1.807) is 0 Å². The molecular formula is C9H14FN3. The molecule has 2 heterocycles. The molecule has 0 aromatic carbocycles. The van der Waals surface area contributed by atoms with E-state index >= 15 is 0 Å². The number of nitrogens with zero attached hydrogens (tertiary/aromatic N) is 2. The Bertz CT molecular complexity index is 306. The van der Waals surface area contributed by atoms with Crippen molar-refractivity contribution in [2.24, 2.45) is 0 Å². The van der Waals surface area contributed by atoms with E-state index in [2.05, 4.69) is 10.3 Å². The van der Waals surface area contributed by atoms with Crippen LogP contribution in [0.4, 0.5) is 4.39 Å². The Kier molecular flexibility index (Phi) is 2.31. The number of aryl methyl sites for hydroxylation is 1. The molecule has 13 heavy (non-hydrogen) atoms. The number of hydrogen-bond acceptors (Lipinski definition) is 2. The van der Waals surface area contributed by atoms with Crippen molar-refractivity contribution in [3.05, 3.63) is 17.2 Å². The van der Waals surface area contributed by atoms with Crippen molar-refractivity contribution >= 4 is 0 Å². The average Bonchev–Trinajstić information content (AvgIpc) is 2.44. The quantitative estimate of drug-likeness (QED) is 0.735. The number of hydrogen-bond donors (Lipinski definition) is 1. The lowest BCUT2D eigenvalue weighted by molar-refractivity contribution is 0.433. The lowest BCUT2D eigenvalue weighted by Gasteiger charge is -2.14. The van der Waals surface area contributed by atoms with Crippen LogP contribution in [0.2, 0.25) is 0 Å². The van der Waals surface area contributed by atoms with Gasteiger partial charge in [0.05, 0.1) is 12.2 Å². The SMILES string of the molecule is Cc1nc2c(n1CCF)CCNC2. The van der Waals surface area contributed by atoms with E-state index in [1.165, 1.54) is 5.69 Å². The Morgan fingerprint density at radius 3 is 3.23 bits per heavy atom. The summed E-state index contributed by atoms with van der Waals surface area (Å²) in [5, 5.41) is 3.25. The zero-order valence-corrected chi connectivity index (χ0v) is 7.81. The van der Waals surface area contributed by atoms with Gasteiger partial charge in [0, 0.05) is 25.2 Å². The van der Waals surface area contributed by atoms with Gasteiger partial charge >= 0.3 is 0 Å². The van der Waals surface area contributed by atoms with Gasteiger partial charge in [0.15, 0.2) is 0 Å². The maximum absolute atomic E-state index is 12.2. The van der Waals surface area contributed by atoms with Crippen molar-refractivity contribution in [2.75, 3.05) is 13.2 Å². The molecule has 0 bridgehead atoms. The molecule has 4 heteroatoms. The number of alkyl halides is 1. The van der Waals surface area contributed by atoms with Gasteiger partial charge < -0.3 is 9.88 Å². The average molecular weight is 183 g/mol. The van der Waals surface area contributed by atoms with Gasteiger partial charge in [0.1, 0.15) is 12.5 Å². The summed E-state index contributed by atoms with van der Waals surface area (Å²) in [6, 6.07) is 0. The van der Waals surface area contributed by atoms with Gasteiger partial charge in [-0.25, -0.2) is 9.37 Å². The van der Waals surface area contributed by atoms with Gasteiger partial charge in [-0.3, -0.25) is 0 Å². The predicted molar refractivity (Wildman–Crippen MR) is 48.3 cm³/mol. The molecule has 2 rings (SSSR count). The van der Waals surface area contributed by atoms with Crippen molar-refractivity contribution in [3.8, 4) is 0 Å². The molecule has 0 saturated carbocycles. The van der Waals surface area contributed by atoms with Crippen molar-refractivity contribution in [3.63, 3.8) is 0 Å². The van der Waals surface area contributed by atoms with Gasteiger partial charge in [0.25, 0.3) is 0 Å². The molecule has 0 atom stereocenters. The second-order valence-electron chi connectivity index (χ2n) is 3.32. The Labute approximate surface area is 77.0 Å². The van der Waals surface area contributed by atoms with Crippen molar-refractivity contribution in [2.45, 2.75) is 26.4 Å². The third kappa shape index (κ3) is 1.46. The molecule has 0 radical (unpaired) electrons. The molecular weight excluding hydrogens is 169 g/mol. The van der Waals surface area contributed by atoms with Crippen LogP contribution in [0, 0.1) is 6.92 Å². The molecule has 1 aliphatic heterocycles. The Hall–Kier alpha value is -0.900. The summed E-state index contributed by atoms with van der Waals surface area (Å²) in [6.45, 7) is 3.89. The first-order valence-electron chi connectivity index (χ1n) is 4.64. The largest absolute Gasteiger partial charge is 0.329 e. The summed E-state index contributed by atoms with van der Waals surface area (Å²) < 4.78 is 14.2. The highest BCUT2D eigenvalue weighted by molar-refractivity contribution is 5.19. The van der Waals surface area contributed by atoms with Crippen LogP contribution < -0.4 is 5.32 Å². The van der Waals surface area contributed by atoms with Crippen molar-refractivity contribution in [1.29, 1.82) is 0 Å². The molecule has 0 amide bonds. The second kappa shape index (κ2) is 3.46. The molecule has 0 unspecified atom stereocenters. The van der Waals surface area contributed by atoms with Crippen LogP contribution in [0.5, 0.6) is 0 Å². The number of imidazole rings is 1. The highest BCUT2D eigenvalue weighted by atomic mass is 19.1. The molecule has 0 spiro atoms. The fourth-order valence-corrected chi connectivity index (χ4v) is 1.89. The normalized spacial score (nSPS) is 15.8. The molecule has 0 fully saturated rings. The highest BCUT2D eigenvalue weighted by Gasteiger charge is 2.16. The topological polar surface area (TPSA) is 29.9 Å². The maximum Gasteiger partial charge on any atom is 0.107 e. The van der Waals surface area contributed by atoms with Crippen LogP contribution in [0.15, 0.2) is 0 Å². The van der Waals surface area contributed by atoms with Gasteiger partial charge in [-0.05, 0) is 6.92 Å². The number of rotatable bonds is 2. The van der Waals surface area contributed by atoms with E-state index in [1.807, 2.05) is 11.5 Å².